The lowest BCUT2D eigenvalue weighted by molar-refractivity contribution is -0.625. The molecular formula is C25H20BrN5O4S. The van der Waals surface area contributed by atoms with Gasteiger partial charge in [0.2, 0.25) is 0 Å². The van der Waals surface area contributed by atoms with Crippen LogP contribution < -0.4 is 19.8 Å². The van der Waals surface area contributed by atoms with E-state index in [2.05, 4.69) is 36.7 Å². The summed E-state index contributed by atoms with van der Waals surface area (Å²) in [4.78, 5) is 23.1. The van der Waals surface area contributed by atoms with Crippen LogP contribution in [0.4, 0.5) is 0 Å². The van der Waals surface area contributed by atoms with Crippen LogP contribution >= 0.6 is 27.7 Å². The number of nitrogens with one attached hydrogen (secondary N) is 2. The van der Waals surface area contributed by atoms with Crippen LogP contribution in [-0.2, 0) is 9.59 Å². The highest BCUT2D eigenvalue weighted by molar-refractivity contribution is 9.10. The zero-order valence-corrected chi connectivity index (χ0v) is 21.2. The second-order valence-corrected chi connectivity index (χ2v) is 9.17. The van der Waals surface area contributed by atoms with Gasteiger partial charge in [-0.15, -0.1) is 5.10 Å². The van der Waals surface area contributed by atoms with E-state index in [4.69, 9.17) is 4.74 Å². The van der Waals surface area contributed by atoms with Crippen LogP contribution in [-0.4, -0.2) is 40.6 Å². The number of amides is 1. The van der Waals surface area contributed by atoms with Crippen molar-refractivity contribution in [2.45, 2.75) is 5.16 Å². The number of hydrogen-bond donors (Lipinski definition) is 2. The molecule has 0 bridgehead atoms. The molecule has 0 aliphatic heterocycles. The van der Waals surface area contributed by atoms with Gasteiger partial charge < -0.3 is 14.6 Å². The number of rotatable bonds is 10. The number of hydrazone groups is 1. The fraction of sp³-hybridized carbons (Fsp3) is 0.0800. The minimum absolute atomic E-state index is 0.0671. The van der Waals surface area contributed by atoms with Gasteiger partial charge >= 0.3 is 5.16 Å². The van der Waals surface area contributed by atoms with E-state index in [1.807, 2.05) is 59.2 Å². The number of carbonyl (C=O) groups excluding carboxylic acids is 2. The molecule has 0 aliphatic carbocycles. The molecule has 0 saturated carbocycles. The standard InChI is InChI=1S/C25H20BrN5O4S/c26-19-12-10-17(11-13-19)24-29-30-25(31(24)20-7-2-1-3-8-20)36-16-22(32)28-27-14-18-6-4-5-9-21(18)35-15-23(33)34/h1-14H,15-16H2,(H2,28,32,33,34)/b27-14-. The average molecular weight is 566 g/mol. The van der Waals surface area contributed by atoms with Gasteiger partial charge in [-0.3, -0.25) is 4.79 Å². The number of H-pyrrole nitrogens is 1. The van der Waals surface area contributed by atoms with Crippen LogP contribution in [0.3, 0.4) is 0 Å². The minimum Gasteiger partial charge on any atom is -0.546 e. The molecule has 0 aliphatic rings. The van der Waals surface area contributed by atoms with Gasteiger partial charge in [-0.1, -0.05) is 46.3 Å². The molecule has 2 N–H and O–H groups in total. The molecule has 1 heterocycles. The van der Waals surface area contributed by atoms with Gasteiger partial charge in [0.25, 0.3) is 11.7 Å². The van der Waals surface area contributed by atoms with Gasteiger partial charge in [0.15, 0.2) is 0 Å². The highest BCUT2D eigenvalue weighted by Gasteiger charge is 2.24. The molecule has 0 radical (unpaired) electrons. The van der Waals surface area contributed by atoms with Crippen LogP contribution in [0.1, 0.15) is 5.56 Å². The van der Waals surface area contributed by atoms with Crippen molar-refractivity contribution in [3.8, 4) is 22.8 Å². The maximum Gasteiger partial charge on any atom is 0.342 e. The monoisotopic (exact) mass is 565 g/mol. The van der Waals surface area contributed by atoms with E-state index < -0.39 is 12.6 Å². The lowest BCUT2D eigenvalue weighted by Crippen LogP contribution is -2.34. The maximum absolute atomic E-state index is 12.5. The number of halogens is 1. The first-order valence-electron chi connectivity index (χ1n) is 10.7. The molecule has 0 atom stereocenters. The van der Waals surface area contributed by atoms with E-state index >= 15 is 0 Å². The third-order valence-electron chi connectivity index (χ3n) is 4.79. The van der Waals surface area contributed by atoms with Crippen molar-refractivity contribution in [3.05, 3.63) is 88.9 Å². The van der Waals surface area contributed by atoms with Gasteiger partial charge in [0.1, 0.15) is 18.0 Å². The van der Waals surface area contributed by atoms with Crippen molar-refractivity contribution >= 4 is 45.8 Å². The SMILES string of the molecule is O=C([O-])COc1ccccc1/C=N\NC(=O)CSc1n[nH]c(-c2ccc(Br)cc2)[n+]1-c1ccccc1. The van der Waals surface area contributed by atoms with Crippen molar-refractivity contribution < 1.29 is 24.0 Å². The molecule has 0 fully saturated rings. The Morgan fingerprint density at radius 3 is 2.56 bits per heavy atom. The Balaban J connectivity index is 1.45. The van der Waals surface area contributed by atoms with Gasteiger partial charge in [0.05, 0.1) is 28.6 Å². The molecule has 1 amide bonds. The summed E-state index contributed by atoms with van der Waals surface area (Å²) in [7, 11) is 0. The van der Waals surface area contributed by atoms with E-state index in [1.165, 1.54) is 18.0 Å². The quantitative estimate of drug-likeness (QED) is 0.132. The van der Waals surface area contributed by atoms with Crippen molar-refractivity contribution in [3.63, 3.8) is 0 Å². The van der Waals surface area contributed by atoms with Crippen molar-refractivity contribution in [1.29, 1.82) is 0 Å². The fourth-order valence-electron chi connectivity index (χ4n) is 3.20. The zero-order chi connectivity index (χ0) is 25.3. The number of aliphatic carboxylic acids is 1. The number of hydrogen-bond acceptors (Lipinski definition) is 7. The first kappa shape index (κ1) is 25.1. The smallest absolute Gasteiger partial charge is 0.342 e. The van der Waals surface area contributed by atoms with Crippen LogP contribution in [0.15, 0.2) is 93.6 Å². The Hall–Kier alpha value is -3.96. The number of aromatic amines is 1. The van der Waals surface area contributed by atoms with Crippen LogP contribution in [0.25, 0.3) is 17.1 Å². The predicted molar refractivity (Wildman–Crippen MR) is 137 cm³/mol. The summed E-state index contributed by atoms with van der Waals surface area (Å²) in [5.41, 5.74) is 4.83. The summed E-state index contributed by atoms with van der Waals surface area (Å²) in [5.74, 6) is -0.506. The number of carboxylic acids is 1. The average Bonchev–Trinajstić information content (AvgIpc) is 3.32. The predicted octanol–water partition coefficient (Wildman–Crippen LogP) is 2.49. The first-order chi connectivity index (χ1) is 17.5. The summed E-state index contributed by atoms with van der Waals surface area (Å²) in [6.45, 7) is -0.582. The van der Waals surface area contributed by atoms with E-state index in [0.717, 1.165) is 21.5 Å². The van der Waals surface area contributed by atoms with E-state index in [-0.39, 0.29) is 11.7 Å². The molecule has 9 nitrogen and oxygen atoms in total. The second kappa shape index (κ2) is 12.1. The number of aromatic nitrogens is 3. The Morgan fingerprint density at radius 1 is 1.08 bits per heavy atom. The lowest BCUT2D eigenvalue weighted by atomic mass is 10.2. The third-order valence-corrected chi connectivity index (χ3v) is 6.26. The van der Waals surface area contributed by atoms with Crippen molar-refractivity contribution in [2.75, 3.05) is 12.4 Å². The number of carbonyl (C=O) groups is 2. The fourth-order valence-corrected chi connectivity index (χ4v) is 4.23. The van der Waals surface area contributed by atoms with E-state index in [1.54, 1.807) is 24.3 Å². The van der Waals surface area contributed by atoms with Gasteiger partial charge in [0, 0.05) is 10.0 Å². The third kappa shape index (κ3) is 6.58. The largest absolute Gasteiger partial charge is 0.546 e. The second-order valence-electron chi connectivity index (χ2n) is 7.31. The van der Waals surface area contributed by atoms with E-state index in [0.29, 0.717) is 16.5 Å². The Kier molecular flexibility index (Phi) is 8.48. The molecule has 182 valence electrons. The molecule has 11 heteroatoms. The number of carboxylic acid groups (broad SMARTS) is 1. The highest BCUT2D eigenvalue weighted by atomic mass is 79.9. The number of nitrogens with zero attached hydrogens (tertiary/aromatic N) is 3. The van der Waals surface area contributed by atoms with Gasteiger partial charge in [-0.2, -0.15) is 9.67 Å². The van der Waals surface area contributed by atoms with Gasteiger partial charge in [-0.05, 0) is 60.3 Å². The van der Waals surface area contributed by atoms with Crippen LogP contribution in [0.2, 0.25) is 0 Å². The summed E-state index contributed by atoms with van der Waals surface area (Å²) in [6.07, 6.45) is 1.39. The Labute approximate surface area is 219 Å². The molecule has 1 aromatic heterocycles. The molecular weight excluding hydrogens is 546 g/mol. The Bertz CT molecular complexity index is 1380. The number of thioether (sulfide) groups is 1. The topological polar surface area (TPSA) is 123 Å². The van der Waals surface area contributed by atoms with Crippen molar-refractivity contribution in [2.24, 2.45) is 5.10 Å². The number of ether oxygens (including phenoxy) is 1. The molecule has 0 saturated heterocycles. The molecule has 0 spiro atoms. The van der Waals surface area contributed by atoms with E-state index in [9.17, 15) is 14.7 Å². The summed E-state index contributed by atoms with van der Waals surface area (Å²) < 4.78 is 8.10. The molecule has 4 aromatic rings. The molecule has 3 aromatic carbocycles. The highest BCUT2D eigenvalue weighted by Crippen LogP contribution is 2.22. The van der Waals surface area contributed by atoms with Crippen LogP contribution in [0, 0.1) is 0 Å². The summed E-state index contributed by atoms with van der Waals surface area (Å²) in [6, 6.07) is 24.3. The Morgan fingerprint density at radius 2 is 1.81 bits per heavy atom. The number of para-hydroxylation sites is 2. The first-order valence-corrected chi connectivity index (χ1v) is 12.5. The molecule has 4 rings (SSSR count). The lowest BCUT2D eigenvalue weighted by Gasteiger charge is -2.08. The number of benzene rings is 3. The summed E-state index contributed by atoms with van der Waals surface area (Å²) in [5, 5.41) is 22.7. The van der Waals surface area contributed by atoms with Gasteiger partial charge in [-0.25, -0.2) is 5.43 Å². The maximum atomic E-state index is 12.5. The summed E-state index contributed by atoms with van der Waals surface area (Å²) >= 11 is 4.71. The van der Waals surface area contributed by atoms with Crippen molar-refractivity contribution in [1.82, 2.24) is 15.6 Å². The molecule has 0 unspecified atom stereocenters. The molecule has 36 heavy (non-hydrogen) atoms. The zero-order valence-electron chi connectivity index (χ0n) is 18.8. The normalized spacial score (nSPS) is 10.9. The minimum atomic E-state index is -1.33. The van der Waals surface area contributed by atoms with Crippen LogP contribution in [0.5, 0.6) is 5.75 Å².